The number of hydrogen-bond acceptors (Lipinski definition) is 5. The van der Waals surface area contributed by atoms with Crippen LogP contribution in [0.5, 0.6) is 0 Å². The van der Waals surface area contributed by atoms with Crippen LogP contribution in [-0.2, 0) is 14.4 Å². The average molecular weight is 298 g/mol. The zero-order valence-electron chi connectivity index (χ0n) is 10.8. The van der Waals surface area contributed by atoms with Crippen molar-refractivity contribution in [3.63, 3.8) is 0 Å². The van der Waals surface area contributed by atoms with Crippen LogP contribution in [0.25, 0.3) is 0 Å². The number of esters is 1. The minimum Gasteiger partial charge on any atom is -0.466 e. The third-order valence-electron chi connectivity index (χ3n) is 3.03. The molecule has 1 aromatic carbocycles. The van der Waals surface area contributed by atoms with Crippen molar-refractivity contribution in [1.29, 1.82) is 5.26 Å². The maximum absolute atomic E-state index is 13.1. The van der Waals surface area contributed by atoms with Crippen LogP contribution in [0.4, 0.5) is 13.2 Å². The summed E-state index contributed by atoms with van der Waals surface area (Å²) in [6, 6.07) is 7.71. The van der Waals surface area contributed by atoms with Crippen LogP contribution >= 0.6 is 0 Å². The van der Waals surface area contributed by atoms with Crippen LogP contribution in [0.2, 0.25) is 0 Å². The van der Waals surface area contributed by atoms with Crippen LogP contribution < -0.4 is 0 Å². The van der Waals surface area contributed by atoms with E-state index in [0.29, 0.717) is 0 Å². The Morgan fingerprint density at radius 1 is 1.52 bits per heavy atom. The van der Waals surface area contributed by atoms with Gasteiger partial charge in [-0.05, 0) is 12.1 Å². The third-order valence-corrected chi connectivity index (χ3v) is 3.03. The van der Waals surface area contributed by atoms with Gasteiger partial charge in [-0.3, -0.25) is 0 Å². The number of carbonyl (C=O) groups excluding carboxylic acids is 1. The van der Waals surface area contributed by atoms with Crippen molar-refractivity contribution in [2.24, 2.45) is 5.16 Å². The van der Waals surface area contributed by atoms with Crippen molar-refractivity contribution >= 4 is 11.7 Å². The van der Waals surface area contributed by atoms with E-state index in [2.05, 4.69) is 14.7 Å². The Morgan fingerprint density at radius 3 is 2.81 bits per heavy atom. The number of hydrogen-bond donors (Lipinski definition) is 0. The van der Waals surface area contributed by atoms with Crippen LogP contribution in [0.15, 0.2) is 29.4 Å². The molecule has 1 aromatic rings. The number of halogens is 3. The topological polar surface area (TPSA) is 71.7 Å². The molecule has 0 aliphatic carbocycles. The highest BCUT2D eigenvalue weighted by molar-refractivity contribution is 6.05. The summed E-state index contributed by atoms with van der Waals surface area (Å²) in [5.74, 6) is -1.56. The zero-order chi connectivity index (χ0) is 15.7. The molecular weight excluding hydrogens is 289 g/mol. The van der Waals surface area contributed by atoms with Crippen molar-refractivity contribution in [3.8, 4) is 6.07 Å². The Kier molecular flexibility index (Phi) is 3.60. The molecule has 1 aliphatic rings. The normalized spacial score (nSPS) is 21.2. The first-order chi connectivity index (χ1) is 9.84. The molecule has 0 saturated carbocycles. The fraction of sp³-hybridized carbons (Fsp3) is 0.308. The zero-order valence-corrected chi connectivity index (χ0v) is 10.8. The molecule has 8 heteroatoms. The second-order valence-electron chi connectivity index (χ2n) is 4.32. The molecule has 0 spiro atoms. The minimum absolute atomic E-state index is 0.0742. The van der Waals surface area contributed by atoms with Crippen molar-refractivity contribution in [3.05, 3.63) is 35.4 Å². The molecule has 0 radical (unpaired) electrons. The molecular formula is C13H9F3N2O3. The van der Waals surface area contributed by atoms with E-state index in [0.717, 1.165) is 7.11 Å². The summed E-state index contributed by atoms with van der Waals surface area (Å²) in [4.78, 5) is 15.9. The number of nitrogens with zero attached hydrogens (tertiary/aromatic N) is 2. The van der Waals surface area contributed by atoms with Crippen LogP contribution in [0, 0.1) is 11.3 Å². The van der Waals surface area contributed by atoms with E-state index in [1.165, 1.54) is 24.3 Å². The van der Waals surface area contributed by atoms with E-state index in [1.54, 1.807) is 0 Å². The second kappa shape index (κ2) is 5.09. The highest BCUT2D eigenvalue weighted by atomic mass is 19.4. The number of alkyl halides is 3. The van der Waals surface area contributed by atoms with E-state index in [9.17, 15) is 18.0 Å². The lowest BCUT2D eigenvalue weighted by atomic mass is 9.93. The van der Waals surface area contributed by atoms with E-state index < -0.39 is 24.2 Å². The first-order valence-electron chi connectivity index (χ1n) is 5.75. The molecule has 1 unspecified atom stereocenters. The van der Waals surface area contributed by atoms with Gasteiger partial charge >= 0.3 is 17.7 Å². The second-order valence-corrected chi connectivity index (χ2v) is 4.32. The van der Waals surface area contributed by atoms with Crippen molar-refractivity contribution in [1.82, 2.24) is 0 Å². The Balaban J connectivity index is 2.36. The van der Waals surface area contributed by atoms with Crippen LogP contribution in [0.3, 0.4) is 0 Å². The molecule has 0 saturated heterocycles. The van der Waals surface area contributed by atoms with Gasteiger partial charge in [0.25, 0.3) is 0 Å². The molecule has 0 N–H and O–H groups in total. The molecule has 1 heterocycles. The quantitative estimate of drug-likeness (QED) is 0.784. The summed E-state index contributed by atoms with van der Waals surface area (Å²) in [6.45, 7) is 0. The maximum atomic E-state index is 13.1. The number of oxime groups is 1. The standard InChI is InChI=1S/C13H9F3N2O3/c1-20-11(19)12(13(14,15)16)6-10(18-21-12)9-4-2-3-8(5-9)7-17/h2-5H,6H2,1H3. The van der Waals surface area contributed by atoms with Crippen LogP contribution in [-0.4, -0.2) is 30.6 Å². The molecule has 1 atom stereocenters. The molecule has 110 valence electrons. The van der Waals surface area contributed by atoms with Gasteiger partial charge in [-0.2, -0.15) is 18.4 Å². The Bertz CT molecular complexity index is 649. The number of rotatable bonds is 2. The largest absolute Gasteiger partial charge is 0.466 e. The Morgan fingerprint density at radius 2 is 2.24 bits per heavy atom. The molecule has 0 fully saturated rings. The summed E-state index contributed by atoms with van der Waals surface area (Å²) >= 11 is 0. The first-order valence-corrected chi connectivity index (χ1v) is 5.75. The lowest BCUT2D eigenvalue weighted by molar-refractivity contribution is -0.268. The molecule has 2 rings (SSSR count). The van der Waals surface area contributed by atoms with E-state index in [-0.39, 0.29) is 16.8 Å². The molecule has 0 bridgehead atoms. The van der Waals surface area contributed by atoms with Crippen molar-refractivity contribution in [2.45, 2.75) is 18.2 Å². The molecule has 5 nitrogen and oxygen atoms in total. The van der Waals surface area contributed by atoms with Gasteiger partial charge in [-0.15, -0.1) is 0 Å². The molecule has 1 aliphatic heterocycles. The van der Waals surface area contributed by atoms with Crippen molar-refractivity contribution < 1.29 is 27.5 Å². The monoisotopic (exact) mass is 298 g/mol. The summed E-state index contributed by atoms with van der Waals surface area (Å²) < 4.78 is 43.6. The molecule has 0 amide bonds. The van der Waals surface area contributed by atoms with Gasteiger partial charge in [0.2, 0.25) is 0 Å². The predicted octanol–water partition coefficient (Wildman–Crippen LogP) is 2.16. The Hall–Kier alpha value is -2.56. The van der Waals surface area contributed by atoms with Crippen molar-refractivity contribution in [2.75, 3.05) is 7.11 Å². The van der Waals surface area contributed by atoms with E-state index in [1.807, 2.05) is 6.07 Å². The van der Waals surface area contributed by atoms with Gasteiger partial charge in [-0.1, -0.05) is 17.3 Å². The van der Waals surface area contributed by atoms with Gasteiger partial charge in [0.05, 0.1) is 30.9 Å². The van der Waals surface area contributed by atoms with E-state index in [4.69, 9.17) is 5.26 Å². The van der Waals surface area contributed by atoms with Gasteiger partial charge in [-0.25, -0.2) is 4.79 Å². The van der Waals surface area contributed by atoms with Gasteiger partial charge < -0.3 is 9.57 Å². The Labute approximate surface area is 117 Å². The minimum atomic E-state index is -4.97. The van der Waals surface area contributed by atoms with Crippen LogP contribution in [0.1, 0.15) is 17.5 Å². The summed E-state index contributed by atoms with van der Waals surface area (Å²) in [5.41, 5.74) is -2.67. The average Bonchev–Trinajstić information content (AvgIpc) is 2.92. The lowest BCUT2D eigenvalue weighted by Gasteiger charge is -2.25. The van der Waals surface area contributed by atoms with E-state index >= 15 is 0 Å². The number of ether oxygens (including phenoxy) is 1. The summed E-state index contributed by atoms with van der Waals surface area (Å²) in [7, 11) is 0.841. The maximum Gasteiger partial charge on any atom is 0.442 e. The molecule has 21 heavy (non-hydrogen) atoms. The summed E-state index contributed by atoms with van der Waals surface area (Å²) in [6.07, 6.45) is -5.78. The fourth-order valence-electron chi connectivity index (χ4n) is 1.90. The third kappa shape index (κ3) is 2.42. The fourth-order valence-corrected chi connectivity index (χ4v) is 1.90. The number of benzene rings is 1. The first kappa shape index (κ1) is 14.8. The van der Waals surface area contributed by atoms with Gasteiger partial charge in [0.1, 0.15) is 0 Å². The number of nitriles is 1. The number of carbonyl (C=O) groups is 1. The molecule has 0 aromatic heterocycles. The smallest absolute Gasteiger partial charge is 0.442 e. The van der Waals surface area contributed by atoms with Gasteiger partial charge in [0, 0.05) is 5.56 Å². The predicted molar refractivity (Wildman–Crippen MR) is 64.2 cm³/mol. The number of methoxy groups -OCH3 is 1. The van der Waals surface area contributed by atoms with Gasteiger partial charge in [0.15, 0.2) is 0 Å². The highest BCUT2D eigenvalue weighted by Crippen LogP contribution is 2.42. The SMILES string of the molecule is COC(=O)C1(C(F)(F)F)CC(c2cccc(C#N)c2)=NO1. The summed E-state index contributed by atoms with van der Waals surface area (Å²) in [5, 5.41) is 12.1. The highest BCUT2D eigenvalue weighted by Gasteiger charge is 2.67. The lowest BCUT2D eigenvalue weighted by Crippen LogP contribution is -2.52.